The van der Waals surface area contributed by atoms with Gasteiger partial charge in [-0.3, -0.25) is 0 Å². The molecule has 5 nitrogen and oxygen atoms in total. The second kappa shape index (κ2) is 7.61. The second-order valence-electron chi connectivity index (χ2n) is 6.33. The van der Waals surface area contributed by atoms with E-state index in [-0.39, 0.29) is 22.2 Å². The summed E-state index contributed by atoms with van der Waals surface area (Å²) in [6, 6.07) is 15.2. The van der Waals surface area contributed by atoms with E-state index in [1.165, 1.54) is 12.1 Å². The predicted octanol–water partition coefficient (Wildman–Crippen LogP) is 6.64. The molecule has 0 saturated heterocycles. The van der Waals surface area contributed by atoms with E-state index in [0.29, 0.717) is 5.82 Å². The lowest BCUT2D eigenvalue weighted by atomic mass is 10.2. The van der Waals surface area contributed by atoms with Crippen LogP contribution in [0.25, 0.3) is 10.9 Å². The molecule has 2 aromatic carbocycles. The van der Waals surface area contributed by atoms with E-state index in [4.69, 9.17) is 16.3 Å². The number of hydrogen-bond acceptors (Lipinski definition) is 4. The SMILES string of the molecule is N#Cc1cc(Oc2ccc(C(F)(F)F)cc2Cl)cc(Nc2ccc3cc[nH]c3c2)n1. The topological polar surface area (TPSA) is 73.7 Å². The minimum absolute atomic E-state index is 0.0264. The van der Waals surface area contributed by atoms with Crippen LogP contribution in [0.15, 0.2) is 60.8 Å². The molecule has 0 aliphatic carbocycles. The molecule has 30 heavy (non-hydrogen) atoms. The fourth-order valence-corrected chi connectivity index (χ4v) is 3.07. The Hall–Kier alpha value is -3.70. The number of nitriles is 1. The summed E-state index contributed by atoms with van der Waals surface area (Å²) in [5.74, 6) is 0.558. The zero-order valence-electron chi connectivity index (χ0n) is 15.1. The number of aromatic nitrogens is 2. The molecule has 4 rings (SSSR count). The highest BCUT2D eigenvalue weighted by molar-refractivity contribution is 6.32. The van der Waals surface area contributed by atoms with Crippen molar-refractivity contribution in [2.75, 3.05) is 5.32 Å². The molecule has 0 radical (unpaired) electrons. The second-order valence-corrected chi connectivity index (χ2v) is 6.74. The number of alkyl halides is 3. The van der Waals surface area contributed by atoms with Crippen molar-refractivity contribution >= 4 is 34.0 Å². The van der Waals surface area contributed by atoms with Crippen LogP contribution in [-0.2, 0) is 6.18 Å². The van der Waals surface area contributed by atoms with E-state index in [1.54, 1.807) is 0 Å². The number of anilines is 2. The fraction of sp³-hybridized carbons (Fsp3) is 0.0476. The van der Waals surface area contributed by atoms with Crippen LogP contribution in [0, 0.1) is 11.3 Å². The van der Waals surface area contributed by atoms with Gasteiger partial charge in [0.25, 0.3) is 0 Å². The Morgan fingerprint density at radius 1 is 1.07 bits per heavy atom. The van der Waals surface area contributed by atoms with E-state index < -0.39 is 11.7 Å². The first-order valence-corrected chi connectivity index (χ1v) is 9.00. The third kappa shape index (κ3) is 4.16. The lowest BCUT2D eigenvalue weighted by Crippen LogP contribution is -2.04. The maximum Gasteiger partial charge on any atom is 0.416 e. The molecular formula is C21H12ClF3N4O. The Labute approximate surface area is 173 Å². The normalized spacial score (nSPS) is 11.3. The summed E-state index contributed by atoms with van der Waals surface area (Å²) in [6.45, 7) is 0. The van der Waals surface area contributed by atoms with E-state index in [2.05, 4.69) is 15.3 Å². The van der Waals surface area contributed by atoms with Crippen molar-refractivity contribution in [3.63, 3.8) is 0 Å². The minimum Gasteiger partial charge on any atom is -0.456 e. The Morgan fingerprint density at radius 3 is 2.63 bits per heavy atom. The number of rotatable bonds is 4. The monoisotopic (exact) mass is 428 g/mol. The van der Waals surface area contributed by atoms with Crippen LogP contribution in [0.1, 0.15) is 11.3 Å². The lowest BCUT2D eigenvalue weighted by molar-refractivity contribution is -0.137. The summed E-state index contributed by atoms with van der Waals surface area (Å²) in [4.78, 5) is 7.28. The molecule has 9 heteroatoms. The van der Waals surface area contributed by atoms with Gasteiger partial charge in [0.1, 0.15) is 29.1 Å². The van der Waals surface area contributed by atoms with E-state index in [0.717, 1.165) is 34.8 Å². The molecule has 0 atom stereocenters. The molecule has 2 N–H and O–H groups in total. The summed E-state index contributed by atoms with van der Waals surface area (Å²) >= 11 is 5.95. The van der Waals surface area contributed by atoms with Gasteiger partial charge in [0.05, 0.1) is 10.6 Å². The summed E-state index contributed by atoms with van der Waals surface area (Å²) in [5.41, 5.74) is 0.837. The Kier molecular flexibility index (Phi) is 4.98. The van der Waals surface area contributed by atoms with Gasteiger partial charge in [0.2, 0.25) is 0 Å². The average molecular weight is 429 g/mol. The molecule has 2 aromatic heterocycles. The van der Waals surface area contributed by atoms with Crippen LogP contribution in [-0.4, -0.2) is 9.97 Å². The molecule has 0 spiro atoms. The summed E-state index contributed by atoms with van der Waals surface area (Å²) in [5, 5.41) is 13.2. The molecule has 2 heterocycles. The zero-order valence-corrected chi connectivity index (χ0v) is 15.8. The van der Waals surface area contributed by atoms with Crippen molar-refractivity contribution in [1.29, 1.82) is 5.26 Å². The standard InChI is InChI=1S/C21H12ClF3N4O/c22-17-7-13(21(23,24)25)2-4-19(17)30-16-8-15(11-26)29-20(10-16)28-14-3-1-12-5-6-27-18(12)9-14/h1-10,27H,(H,28,29). The predicted molar refractivity (Wildman–Crippen MR) is 107 cm³/mol. The van der Waals surface area contributed by atoms with Crippen molar-refractivity contribution in [1.82, 2.24) is 9.97 Å². The van der Waals surface area contributed by atoms with Crippen molar-refractivity contribution in [3.8, 4) is 17.6 Å². The number of nitrogens with one attached hydrogen (secondary N) is 2. The third-order valence-corrected chi connectivity index (χ3v) is 4.52. The molecule has 0 aliphatic heterocycles. The number of H-pyrrole nitrogens is 1. The van der Waals surface area contributed by atoms with Crippen LogP contribution < -0.4 is 10.1 Å². The highest BCUT2D eigenvalue weighted by Crippen LogP contribution is 2.37. The summed E-state index contributed by atoms with van der Waals surface area (Å²) < 4.78 is 44.0. The summed E-state index contributed by atoms with van der Waals surface area (Å²) in [7, 11) is 0. The molecule has 0 amide bonds. The zero-order chi connectivity index (χ0) is 21.3. The molecule has 4 aromatic rings. The molecule has 0 unspecified atom stereocenters. The first-order valence-electron chi connectivity index (χ1n) is 8.63. The van der Waals surface area contributed by atoms with Crippen LogP contribution in [0.3, 0.4) is 0 Å². The van der Waals surface area contributed by atoms with Crippen molar-refractivity contribution in [2.24, 2.45) is 0 Å². The maximum atomic E-state index is 12.8. The van der Waals surface area contributed by atoms with Crippen molar-refractivity contribution in [2.45, 2.75) is 6.18 Å². The Balaban J connectivity index is 1.62. The number of hydrogen-bond donors (Lipinski definition) is 2. The number of nitrogens with zero attached hydrogens (tertiary/aromatic N) is 2. The van der Waals surface area contributed by atoms with Gasteiger partial charge in [0.15, 0.2) is 0 Å². The van der Waals surface area contributed by atoms with Crippen LogP contribution in [0.2, 0.25) is 5.02 Å². The van der Waals surface area contributed by atoms with Gasteiger partial charge < -0.3 is 15.0 Å². The summed E-state index contributed by atoms with van der Waals surface area (Å²) in [6.07, 6.45) is -2.69. The van der Waals surface area contributed by atoms with Crippen LogP contribution in [0.5, 0.6) is 11.5 Å². The van der Waals surface area contributed by atoms with Crippen molar-refractivity contribution in [3.05, 3.63) is 77.1 Å². The van der Waals surface area contributed by atoms with Gasteiger partial charge in [-0.25, -0.2) is 4.98 Å². The van der Waals surface area contributed by atoms with Gasteiger partial charge in [-0.15, -0.1) is 0 Å². The van der Waals surface area contributed by atoms with Gasteiger partial charge >= 0.3 is 6.18 Å². The number of pyridine rings is 1. The molecule has 150 valence electrons. The number of halogens is 4. The Bertz CT molecular complexity index is 1280. The smallest absolute Gasteiger partial charge is 0.416 e. The lowest BCUT2D eigenvalue weighted by Gasteiger charge is -2.12. The van der Waals surface area contributed by atoms with Gasteiger partial charge in [-0.2, -0.15) is 18.4 Å². The highest BCUT2D eigenvalue weighted by Gasteiger charge is 2.31. The molecule has 0 aliphatic rings. The number of fused-ring (bicyclic) bond motifs is 1. The first kappa shape index (κ1) is 19.6. The van der Waals surface area contributed by atoms with Gasteiger partial charge in [0, 0.05) is 29.5 Å². The van der Waals surface area contributed by atoms with Crippen LogP contribution in [0.4, 0.5) is 24.7 Å². The molecule has 0 bridgehead atoms. The van der Waals surface area contributed by atoms with Gasteiger partial charge in [-0.1, -0.05) is 17.7 Å². The number of benzene rings is 2. The average Bonchev–Trinajstić information content (AvgIpc) is 3.16. The van der Waals surface area contributed by atoms with E-state index >= 15 is 0 Å². The number of ether oxygens (including phenoxy) is 1. The first-order chi connectivity index (χ1) is 14.3. The number of aromatic amines is 1. The quantitative estimate of drug-likeness (QED) is 0.382. The largest absolute Gasteiger partial charge is 0.456 e. The molecule has 0 saturated carbocycles. The van der Waals surface area contributed by atoms with Crippen LogP contribution >= 0.6 is 11.6 Å². The minimum atomic E-state index is -4.51. The third-order valence-electron chi connectivity index (χ3n) is 4.23. The fourth-order valence-electron chi connectivity index (χ4n) is 2.85. The van der Waals surface area contributed by atoms with Gasteiger partial charge in [-0.05, 0) is 41.8 Å². The van der Waals surface area contributed by atoms with Crippen molar-refractivity contribution < 1.29 is 17.9 Å². The molecule has 0 fully saturated rings. The van der Waals surface area contributed by atoms with E-state index in [9.17, 15) is 18.4 Å². The van der Waals surface area contributed by atoms with E-state index in [1.807, 2.05) is 36.5 Å². The molecular weight excluding hydrogens is 417 g/mol. The Morgan fingerprint density at radius 2 is 1.90 bits per heavy atom. The highest BCUT2D eigenvalue weighted by atomic mass is 35.5. The maximum absolute atomic E-state index is 12.8.